The van der Waals surface area contributed by atoms with Gasteiger partial charge in [0.05, 0.1) is 22.4 Å². The number of primary sulfonamides is 1. The minimum absolute atomic E-state index is 0.0230. The number of sulfonamides is 1. The summed E-state index contributed by atoms with van der Waals surface area (Å²) >= 11 is 1.37. The highest BCUT2D eigenvalue weighted by atomic mass is 32.2. The van der Waals surface area contributed by atoms with E-state index in [0.717, 1.165) is 37.2 Å². The van der Waals surface area contributed by atoms with Crippen molar-refractivity contribution in [2.75, 3.05) is 32.0 Å². The molecular weight excluding hydrogens is 512 g/mol. The fourth-order valence-corrected chi connectivity index (χ4v) is 5.49. The molecule has 2 aliphatic heterocycles. The Hall–Kier alpha value is -2.80. The quantitative estimate of drug-likeness (QED) is 0.439. The van der Waals surface area contributed by atoms with Crippen LogP contribution in [0, 0.1) is 5.92 Å². The number of amides is 1. The van der Waals surface area contributed by atoms with E-state index in [1.165, 1.54) is 23.5 Å². The van der Waals surface area contributed by atoms with Crippen LogP contribution in [0.4, 0.5) is 10.8 Å². The number of thiazole rings is 1. The molecule has 10 nitrogen and oxygen atoms in total. The first-order chi connectivity index (χ1) is 17.6. The van der Waals surface area contributed by atoms with Crippen molar-refractivity contribution in [2.24, 2.45) is 16.0 Å². The van der Waals surface area contributed by atoms with Crippen molar-refractivity contribution in [3.05, 3.63) is 35.3 Å². The number of anilines is 2. The average molecular weight is 547 g/mol. The summed E-state index contributed by atoms with van der Waals surface area (Å²) in [5, 5.41) is 14.0. The lowest BCUT2D eigenvalue weighted by atomic mass is 9.97. The number of nitrogens with two attached hydrogens (primary N) is 1. The van der Waals surface area contributed by atoms with Crippen LogP contribution in [0.5, 0.6) is 5.75 Å². The van der Waals surface area contributed by atoms with Gasteiger partial charge in [0.25, 0.3) is 0 Å². The molecule has 0 saturated carbocycles. The number of aromatic nitrogens is 1. The van der Waals surface area contributed by atoms with Crippen LogP contribution in [-0.2, 0) is 14.8 Å². The summed E-state index contributed by atoms with van der Waals surface area (Å²) in [5.41, 5.74) is 2.00. The van der Waals surface area contributed by atoms with Gasteiger partial charge < -0.3 is 20.3 Å². The van der Waals surface area contributed by atoms with Crippen LogP contribution in [0.1, 0.15) is 38.8 Å². The number of aliphatic imine (C=N–C) groups is 1. The minimum Gasteiger partial charge on any atom is -0.489 e. The molecule has 37 heavy (non-hydrogen) atoms. The van der Waals surface area contributed by atoms with Gasteiger partial charge in [-0.15, -0.1) is 11.3 Å². The third-order valence-corrected chi connectivity index (χ3v) is 8.01. The van der Waals surface area contributed by atoms with Crippen LogP contribution in [0.15, 0.2) is 39.5 Å². The molecule has 1 unspecified atom stereocenters. The van der Waals surface area contributed by atoms with E-state index in [9.17, 15) is 13.2 Å². The highest BCUT2D eigenvalue weighted by Gasteiger charge is 2.23. The van der Waals surface area contributed by atoms with Crippen LogP contribution in [0.3, 0.4) is 0 Å². The summed E-state index contributed by atoms with van der Waals surface area (Å²) in [6.45, 7) is 6.61. The Balaban J connectivity index is 1.38. The summed E-state index contributed by atoms with van der Waals surface area (Å²) in [4.78, 5) is 24.0. The van der Waals surface area contributed by atoms with Crippen molar-refractivity contribution < 1.29 is 17.9 Å². The maximum Gasteiger partial charge on any atom is 0.245 e. The second kappa shape index (κ2) is 11.7. The number of piperidine rings is 1. The lowest BCUT2D eigenvalue weighted by Crippen LogP contribution is -2.40. The van der Waals surface area contributed by atoms with Crippen molar-refractivity contribution >= 4 is 49.9 Å². The highest BCUT2D eigenvalue weighted by molar-refractivity contribution is 7.89. The van der Waals surface area contributed by atoms with Crippen LogP contribution in [0.25, 0.3) is 5.57 Å². The number of nitrogens with one attached hydrogen (secondary N) is 2. The fraction of sp³-hybridized carbons (Fsp3) is 0.480. The SMILES string of the molecule is CC(C)Oc1ccc(S(N)(=O)=O)cc1Nc1nc(C2=CCC(C(=O)NCC3CCN(C)CC3)N=C2)cs1. The lowest BCUT2D eigenvalue weighted by molar-refractivity contribution is -0.122. The first kappa shape index (κ1) is 27.2. The van der Waals surface area contributed by atoms with E-state index in [1.54, 1.807) is 12.3 Å². The first-order valence-corrected chi connectivity index (χ1v) is 14.8. The molecule has 1 fully saturated rings. The number of allylic oxidation sites excluding steroid dienone is 1. The fourth-order valence-electron chi connectivity index (χ4n) is 4.22. The Morgan fingerprint density at radius 3 is 2.70 bits per heavy atom. The van der Waals surface area contributed by atoms with Crippen LogP contribution < -0.4 is 20.5 Å². The van der Waals surface area contributed by atoms with Gasteiger partial charge in [-0.25, -0.2) is 18.5 Å². The van der Waals surface area contributed by atoms with E-state index >= 15 is 0 Å². The Labute approximate surface area is 222 Å². The molecule has 200 valence electrons. The van der Waals surface area contributed by atoms with E-state index < -0.39 is 16.1 Å². The van der Waals surface area contributed by atoms with Crippen molar-refractivity contribution in [1.82, 2.24) is 15.2 Å². The molecule has 2 aromatic rings. The molecule has 0 bridgehead atoms. The molecule has 1 atom stereocenters. The molecule has 12 heteroatoms. The van der Waals surface area contributed by atoms with Crippen molar-refractivity contribution in [1.29, 1.82) is 0 Å². The Morgan fingerprint density at radius 2 is 2.05 bits per heavy atom. The maximum atomic E-state index is 12.6. The predicted octanol–water partition coefficient (Wildman–Crippen LogP) is 3.01. The van der Waals surface area contributed by atoms with Gasteiger partial charge in [0, 0.05) is 23.7 Å². The van der Waals surface area contributed by atoms with Gasteiger partial charge in [0.2, 0.25) is 15.9 Å². The smallest absolute Gasteiger partial charge is 0.245 e. The van der Waals surface area contributed by atoms with Gasteiger partial charge in [-0.1, -0.05) is 6.08 Å². The number of rotatable bonds is 9. The topological polar surface area (TPSA) is 139 Å². The largest absolute Gasteiger partial charge is 0.489 e. The van der Waals surface area contributed by atoms with Crippen LogP contribution in [0.2, 0.25) is 0 Å². The molecule has 4 N–H and O–H groups in total. The number of carbonyl (C=O) groups excluding carboxylic acids is 1. The van der Waals surface area contributed by atoms with E-state index in [4.69, 9.17) is 9.88 Å². The summed E-state index contributed by atoms with van der Waals surface area (Å²) in [5.74, 6) is 0.974. The summed E-state index contributed by atoms with van der Waals surface area (Å²) in [6, 6.07) is 3.99. The maximum absolute atomic E-state index is 12.6. The molecule has 0 aliphatic carbocycles. The normalized spacial score (nSPS) is 19.1. The number of ether oxygens (including phenoxy) is 1. The Morgan fingerprint density at radius 1 is 1.30 bits per heavy atom. The average Bonchev–Trinajstić information content (AvgIpc) is 3.32. The van der Waals surface area contributed by atoms with E-state index in [-0.39, 0.29) is 16.9 Å². The molecule has 1 amide bonds. The number of nitrogens with zero attached hydrogens (tertiary/aromatic N) is 3. The summed E-state index contributed by atoms with van der Waals surface area (Å²) in [7, 11) is -1.75. The molecule has 0 spiro atoms. The molecular formula is C25H34N6O4S2. The number of carbonyl (C=O) groups is 1. The standard InChI is InChI=1S/C25H34N6O4S2/c1-16(2)35-23-7-5-19(37(26,33)34)12-21(23)29-25-30-22(15-36-25)18-4-6-20(27-14-18)24(32)28-13-17-8-10-31(3)11-9-17/h4-5,7,12,14-17,20H,6,8-11,13H2,1-3H3,(H,28,32)(H,29,30)(H2,26,33,34). The second-order valence-electron chi connectivity index (χ2n) is 9.71. The lowest BCUT2D eigenvalue weighted by Gasteiger charge is -2.29. The number of hydrogen-bond donors (Lipinski definition) is 3. The monoisotopic (exact) mass is 546 g/mol. The number of hydrogen-bond acceptors (Lipinski definition) is 9. The molecule has 2 aliphatic rings. The molecule has 0 radical (unpaired) electrons. The number of dihydropyridines is 1. The molecule has 1 aromatic heterocycles. The van der Waals surface area contributed by atoms with Crippen LogP contribution >= 0.6 is 11.3 Å². The second-order valence-corrected chi connectivity index (χ2v) is 12.1. The Kier molecular flexibility index (Phi) is 8.63. The van der Waals surface area contributed by atoms with Crippen molar-refractivity contribution in [3.63, 3.8) is 0 Å². The summed E-state index contributed by atoms with van der Waals surface area (Å²) < 4.78 is 29.5. The third kappa shape index (κ3) is 7.37. The minimum atomic E-state index is -3.87. The summed E-state index contributed by atoms with van der Waals surface area (Å²) in [6.07, 6.45) is 6.27. The van der Waals surface area contributed by atoms with Gasteiger partial charge in [0.15, 0.2) is 5.13 Å². The number of likely N-dealkylation sites (tertiary alicyclic amines) is 1. The highest BCUT2D eigenvalue weighted by Crippen LogP contribution is 2.33. The van der Waals surface area contributed by atoms with Gasteiger partial charge in [-0.3, -0.25) is 9.79 Å². The first-order valence-electron chi connectivity index (χ1n) is 12.3. The van der Waals surface area contributed by atoms with Crippen LogP contribution in [-0.4, -0.2) is 69.3 Å². The zero-order valence-electron chi connectivity index (χ0n) is 21.3. The number of benzene rings is 1. The predicted molar refractivity (Wildman–Crippen MR) is 147 cm³/mol. The van der Waals surface area contributed by atoms with E-state index in [1.807, 2.05) is 25.3 Å². The zero-order valence-corrected chi connectivity index (χ0v) is 22.9. The molecule has 1 saturated heterocycles. The van der Waals surface area contributed by atoms with Gasteiger partial charge in [-0.05, 0) is 77.4 Å². The third-order valence-electron chi connectivity index (χ3n) is 6.34. The van der Waals surface area contributed by atoms with Crippen molar-refractivity contribution in [3.8, 4) is 5.75 Å². The Bertz CT molecular complexity index is 1280. The van der Waals surface area contributed by atoms with Gasteiger partial charge in [0.1, 0.15) is 11.8 Å². The van der Waals surface area contributed by atoms with E-state index in [0.29, 0.717) is 35.5 Å². The molecule has 3 heterocycles. The zero-order chi connectivity index (χ0) is 26.6. The van der Waals surface area contributed by atoms with E-state index in [2.05, 4.69) is 32.6 Å². The van der Waals surface area contributed by atoms with Crippen molar-refractivity contribution in [2.45, 2.75) is 50.2 Å². The molecule has 4 rings (SSSR count). The molecule has 1 aromatic carbocycles. The van der Waals surface area contributed by atoms with Gasteiger partial charge >= 0.3 is 0 Å². The van der Waals surface area contributed by atoms with Gasteiger partial charge in [-0.2, -0.15) is 0 Å².